The van der Waals surface area contributed by atoms with Crippen LogP contribution >= 0.6 is 0 Å². The molecular formula is C15H18N4O. The number of nitrogens with one attached hydrogen (secondary N) is 1. The lowest BCUT2D eigenvalue weighted by Gasteiger charge is -2.07. The molecule has 0 bridgehead atoms. The molecule has 0 saturated carbocycles. The molecule has 0 saturated heterocycles. The summed E-state index contributed by atoms with van der Waals surface area (Å²) in [4.78, 5) is 20.2. The summed E-state index contributed by atoms with van der Waals surface area (Å²) in [6.07, 6.45) is 5.01. The van der Waals surface area contributed by atoms with Gasteiger partial charge in [0, 0.05) is 30.2 Å². The van der Waals surface area contributed by atoms with E-state index in [1.807, 2.05) is 19.1 Å². The maximum Gasteiger partial charge on any atom is 0.251 e. The molecule has 3 N–H and O–H groups in total. The molecule has 2 aromatic rings. The van der Waals surface area contributed by atoms with Crippen molar-refractivity contribution < 1.29 is 4.79 Å². The van der Waals surface area contributed by atoms with E-state index in [2.05, 4.69) is 15.3 Å². The number of carbonyl (C=O) groups is 1. The van der Waals surface area contributed by atoms with Crippen molar-refractivity contribution in [2.45, 2.75) is 19.8 Å². The molecule has 0 aliphatic heterocycles. The number of rotatable bonds is 5. The van der Waals surface area contributed by atoms with Crippen molar-refractivity contribution in [1.29, 1.82) is 0 Å². The number of carbonyl (C=O) groups excluding carboxylic acids is 1. The minimum Gasteiger partial charge on any atom is -0.384 e. The Kier molecular flexibility index (Phi) is 4.65. The molecular weight excluding hydrogens is 252 g/mol. The predicted molar refractivity (Wildman–Crippen MR) is 78.3 cm³/mol. The Hall–Kier alpha value is -2.43. The largest absolute Gasteiger partial charge is 0.384 e. The van der Waals surface area contributed by atoms with E-state index in [1.165, 1.54) is 0 Å². The molecule has 0 aliphatic rings. The van der Waals surface area contributed by atoms with E-state index in [-0.39, 0.29) is 5.91 Å². The summed E-state index contributed by atoms with van der Waals surface area (Å²) in [5.74, 6) is 0.256. The molecule has 1 amide bonds. The first-order valence-electron chi connectivity index (χ1n) is 6.62. The van der Waals surface area contributed by atoms with Gasteiger partial charge in [0.2, 0.25) is 0 Å². The van der Waals surface area contributed by atoms with Gasteiger partial charge in [0.1, 0.15) is 5.82 Å². The molecule has 0 fully saturated rings. The van der Waals surface area contributed by atoms with Crippen LogP contribution in [0.4, 0.5) is 5.82 Å². The molecule has 0 aromatic carbocycles. The summed E-state index contributed by atoms with van der Waals surface area (Å²) in [5.41, 5.74) is 8.22. The van der Waals surface area contributed by atoms with Gasteiger partial charge in [-0.05, 0) is 42.7 Å². The van der Waals surface area contributed by atoms with Gasteiger partial charge in [-0.25, -0.2) is 4.98 Å². The Bertz CT molecular complexity index is 584. The van der Waals surface area contributed by atoms with Gasteiger partial charge >= 0.3 is 0 Å². The van der Waals surface area contributed by atoms with Crippen LogP contribution in [-0.2, 0) is 12.8 Å². The standard InChI is InChI=1S/C15H18N4O/c1-2-13-9-12(10-14(16)19-13)15(20)18-8-5-11-3-6-17-7-4-11/h3-4,6-7,9-10H,2,5,8H2,1H3,(H2,16,19)(H,18,20). The van der Waals surface area contributed by atoms with Crippen molar-refractivity contribution in [2.24, 2.45) is 0 Å². The number of nitrogens with two attached hydrogens (primary N) is 1. The summed E-state index contributed by atoms with van der Waals surface area (Å²) < 4.78 is 0. The fraction of sp³-hybridized carbons (Fsp3) is 0.267. The summed E-state index contributed by atoms with van der Waals surface area (Å²) in [5, 5.41) is 2.88. The third-order valence-electron chi connectivity index (χ3n) is 2.97. The first kappa shape index (κ1) is 14.0. The average molecular weight is 270 g/mol. The van der Waals surface area contributed by atoms with Crippen LogP contribution in [0.25, 0.3) is 0 Å². The number of anilines is 1. The first-order valence-corrected chi connectivity index (χ1v) is 6.62. The lowest BCUT2D eigenvalue weighted by Crippen LogP contribution is -2.26. The van der Waals surface area contributed by atoms with Gasteiger partial charge in [-0.1, -0.05) is 6.92 Å². The van der Waals surface area contributed by atoms with Gasteiger partial charge < -0.3 is 11.1 Å². The van der Waals surface area contributed by atoms with Crippen molar-refractivity contribution in [3.63, 3.8) is 0 Å². The maximum atomic E-state index is 12.0. The molecule has 5 heteroatoms. The number of hydrogen-bond donors (Lipinski definition) is 2. The van der Waals surface area contributed by atoms with Crippen molar-refractivity contribution in [3.05, 3.63) is 53.5 Å². The molecule has 2 heterocycles. The highest BCUT2D eigenvalue weighted by molar-refractivity contribution is 5.94. The Morgan fingerprint density at radius 1 is 1.30 bits per heavy atom. The van der Waals surface area contributed by atoms with Crippen LogP contribution in [0.5, 0.6) is 0 Å². The SMILES string of the molecule is CCc1cc(C(=O)NCCc2ccncc2)cc(N)n1. The number of pyridine rings is 2. The fourth-order valence-electron chi connectivity index (χ4n) is 1.89. The Morgan fingerprint density at radius 2 is 2.05 bits per heavy atom. The van der Waals surface area contributed by atoms with E-state index in [9.17, 15) is 4.79 Å². The molecule has 0 aliphatic carbocycles. The molecule has 0 atom stereocenters. The van der Waals surface area contributed by atoms with E-state index in [1.54, 1.807) is 24.5 Å². The van der Waals surface area contributed by atoms with Gasteiger partial charge in [0.25, 0.3) is 5.91 Å². The van der Waals surface area contributed by atoms with Crippen LogP contribution in [-0.4, -0.2) is 22.4 Å². The van der Waals surface area contributed by atoms with Gasteiger partial charge in [-0.2, -0.15) is 0 Å². The van der Waals surface area contributed by atoms with Crippen molar-refractivity contribution >= 4 is 11.7 Å². The van der Waals surface area contributed by atoms with Gasteiger partial charge in [0.05, 0.1) is 0 Å². The third kappa shape index (κ3) is 3.78. The molecule has 104 valence electrons. The van der Waals surface area contributed by atoms with Gasteiger partial charge in [-0.15, -0.1) is 0 Å². The van der Waals surface area contributed by atoms with Crippen molar-refractivity contribution in [2.75, 3.05) is 12.3 Å². The van der Waals surface area contributed by atoms with E-state index in [0.717, 1.165) is 24.1 Å². The highest BCUT2D eigenvalue weighted by Crippen LogP contribution is 2.08. The molecule has 20 heavy (non-hydrogen) atoms. The number of aromatic nitrogens is 2. The van der Waals surface area contributed by atoms with E-state index in [0.29, 0.717) is 17.9 Å². The van der Waals surface area contributed by atoms with Crippen LogP contribution in [0.1, 0.15) is 28.5 Å². The fourth-order valence-corrected chi connectivity index (χ4v) is 1.89. The second kappa shape index (κ2) is 6.65. The molecule has 2 aromatic heterocycles. The number of aryl methyl sites for hydroxylation is 1. The van der Waals surface area contributed by atoms with Gasteiger partial charge in [-0.3, -0.25) is 9.78 Å². The number of amides is 1. The first-order chi connectivity index (χ1) is 9.69. The second-order valence-corrected chi connectivity index (χ2v) is 4.49. The topological polar surface area (TPSA) is 80.9 Å². The van der Waals surface area contributed by atoms with E-state index >= 15 is 0 Å². The molecule has 0 unspecified atom stereocenters. The lowest BCUT2D eigenvalue weighted by molar-refractivity contribution is 0.0954. The number of nitrogen functional groups attached to an aromatic ring is 1. The van der Waals surface area contributed by atoms with Crippen LogP contribution in [0.3, 0.4) is 0 Å². The quantitative estimate of drug-likeness (QED) is 0.864. The summed E-state index contributed by atoms with van der Waals surface area (Å²) in [6, 6.07) is 7.25. The zero-order valence-electron chi connectivity index (χ0n) is 11.5. The zero-order chi connectivity index (χ0) is 14.4. The highest BCUT2D eigenvalue weighted by Gasteiger charge is 2.07. The zero-order valence-corrected chi connectivity index (χ0v) is 11.5. The highest BCUT2D eigenvalue weighted by atomic mass is 16.1. The second-order valence-electron chi connectivity index (χ2n) is 4.49. The molecule has 0 radical (unpaired) electrons. The minimum absolute atomic E-state index is 0.122. The Balaban J connectivity index is 1.93. The Morgan fingerprint density at radius 3 is 2.75 bits per heavy atom. The number of nitrogens with zero attached hydrogens (tertiary/aromatic N) is 2. The Labute approximate surface area is 118 Å². The lowest BCUT2D eigenvalue weighted by atomic mass is 10.1. The average Bonchev–Trinajstić information content (AvgIpc) is 2.47. The predicted octanol–water partition coefficient (Wildman–Crippen LogP) is 1.59. The third-order valence-corrected chi connectivity index (χ3v) is 2.97. The molecule has 0 spiro atoms. The smallest absolute Gasteiger partial charge is 0.251 e. The summed E-state index contributed by atoms with van der Waals surface area (Å²) in [7, 11) is 0. The van der Waals surface area contributed by atoms with Crippen molar-refractivity contribution in [1.82, 2.24) is 15.3 Å². The van der Waals surface area contributed by atoms with Gasteiger partial charge in [0.15, 0.2) is 0 Å². The van der Waals surface area contributed by atoms with Crippen LogP contribution < -0.4 is 11.1 Å². The summed E-state index contributed by atoms with van der Waals surface area (Å²) in [6.45, 7) is 2.55. The summed E-state index contributed by atoms with van der Waals surface area (Å²) >= 11 is 0. The molecule has 2 rings (SSSR count). The van der Waals surface area contributed by atoms with Crippen molar-refractivity contribution in [3.8, 4) is 0 Å². The van der Waals surface area contributed by atoms with Crippen LogP contribution in [0, 0.1) is 0 Å². The van der Waals surface area contributed by atoms with Crippen LogP contribution in [0.2, 0.25) is 0 Å². The maximum absolute atomic E-state index is 12.0. The van der Waals surface area contributed by atoms with E-state index in [4.69, 9.17) is 5.73 Å². The normalized spacial score (nSPS) is 10.2. The van der Waals surface area contributed by atoms with E-state index < -0.39 is 0 Å². The number of hydrogen-bond acceptors (Lipinski definition) is 4. The monoisotopic (exact) mass is 270 g/mol. The molecule has 5 nitrogen and oxygen atoms in total. The van der Waals surface area contributed by atoms with Crippen LogP contribution in [0.15, 0.2) is 36.7 Å². The minimum atomic E-state index is -0.122.